The molecule has 0 aliphatic rings. The molecule has 0 fully saturated rings. The molecule has 0 unspecified atom stereocenters. The first-order valence-electron chi connectivity index (χ1n) is 11.0. The first kappa shape index (κ1) is 26.4. The average molecular weight is 514 g/mol. The number of hydrogen-bond acceptors (Lipinski definition) is 6. The van der Waals surface area contributed by atoms with Gasteiger partial charge in [-0.25, -0.2) is 0 Å². The molecule has 4 aromatic rings. The smallest absolute Gasteiger partial charge is 0.265 e. The Bertz CT molecular complexity index is 1440. The number of Topliss-reactive ketones (excluding diaryl/α,β-unsaturated/α-hetero) is 1. The Morgan fingerprint density at radius 1 is 1.09 bits per heavy atom. The maximum Gasteiger partial charge on any atom is 0.265 e. The standard InChI is InChI=1S/C26H27N3O4S.ClH/c1-26(2,14-27)15-28-24(31)23-21(33-3)20-22(34-23)17-11-7-8-12-18(17)29(25(20)32)13-19(30)16-9-5-4-6-10-16;/h4-12H,13-15,27H2,1-3H3,(H,28,31);1H. The molecule has 0 bridgehead atoms. The summed E-state index contributed by atoms with van der Waals surface area (Å²) in [6, 6.07) is 16.2. The van der Waals surface area contributed by atoms with E-state index in [-0.39, 0.29) is 47.4 Å². The molecule has 0 radical (unpaired) electrons. The monoisotopic (exact) mass is 513 g/mol. The van der Waals surface area contributed by atoms with Crippen molar-refractivity contribution in [1.82, 2.24) is 9.88 Å². The Morgan fingerprint density at radius 3 is 2.40 bits per heavy atom. The van der Waals surface area contributed by atoms with Gasteiger partial charge in [0.25, 0.3) is 11.5 Å². The van der Waals surface area contributed by atoms with Crippen LogP contribution in [0.2, 0.25) is 0 Å². The van der Waals surface area contributed by atoms with Gasteiger partial charge in [-0.15, -0.1) is 23.7 Å². The number of nitrogens with two attached hydrogens (primary N) is 1. The van der Waals surface area contributed by atoms with E-state index in [0.717, 1.165) is 5.39 Å². The molecule has 4 rings (SSSR count). The molecule has 2 aromatic heterocycles. The number of nitrogens with zero attached hydrogens (tertiary/aromatic N) is 1. The van der Waals surface area contributed by atoms with Crippen LogP contribution in [0.5, 0.6) is 5.75 Å². The van der Waals surface area contributed by atoms with Crippen molar-refractivity contribution in [1.29, 1.82) is 0 Å². The number of hydrogen-bond donors (Lipinski definition) is 2. The number of rotatable bonds is 8. The highest BCUT2D eigenvalue weighted by Crippen LogP contribution is 2.39. The minimum absolute atomic E-state index is 0. The zero-order valence-corrected chi connectivity index (χ0v) is 21.4. The van der Waals surface area contributed by atoms with Gasteiger partial charge in [-0.2, -0.15) is 0 Å². The van der Waals surface area contributed by atoms with Crippen molar-refractivity contribution in [3.8, 4) is 5.75 Å². The Balaban J connectivity index is 0.00000342. The molecule has 184 valence electrons. The van der Waals surface area contributed by atoms with Gasteiger partial charge in [-0.3, -0.25) is 19.0 Å². The molecule has 0 saturated carbocycles. The SMILES string of the molecule is COc1c(C(=O)NCC(C)(C)CN)sc2c1c(=O)n(CC(=O)c1ccccc1)c1ccccc21.Cl. The topological polar surface area (TPSA) is 103 Å². The highest BCUT2D eigenvalue weighted by Gasteiger charge is 2.26. The number of amides is 1. The van der Waals surface area contributed by atoms with Crippen LogP contribution in [0.3, 0.4) is 0 Å². The van der Waals surface area contributed by atoms with Gasteiger partial charge in [0.05, 0.1) is 23.9 Å². The third kappa shape index (κ3) is 5.10. The molecular weight excluding hydrogens is 486 g/mol. The van der Waals surface area contributed by atoms with Gasteiger partial charge < -0.3 is 15.8 Å². The van der Waals surface area contributed by atoms with Gasteiger partial charge in [-0.05, 0) is 18.0 Å². The van der Waals surface area contributed by atoms with Gasteiger partial charge in [0.1, 0.15) is 10.3 Å². The summed E-state index contributed by atoms with van der Waals surface area (Å²) >= 11 is 1.22. The van der Waals surface area contributed by atoms with E-state index in [4.69, 9.17) is 10.5 Å². The number of fused-ring (bicyclic) bond motifs is 3. The maximum absolute atomic E-state index is 13.7. The Hall–Kier alpha value is -3.20. The van der Waals surface area contributed by atoms with Crippen LogP contribution in [0.4, 0.5) is 0 Å². The van der Waals surface area contributed by atoms with Crippen LogP contribution < -0.4 is 21.3 Å². The van der Waals surface area contributed by atoms with Crippen LogP contribution in [0.15, 0.2) is 59.4 Å². The molecule has 0 spiro atoms. The number of aromatic nitrogens is 1. The molecular formula is C26H28ClN3O4S. The van der Waals surface area contributed by atoms with Gasteiger partial charge in [0.15, 0.2) is 11.5 Å². The van der Waals surface area contributed by atoms with Crippen LogP contribution in [0.25, 0.3) is 21.0 Å². The number of carbonyl (C=O) groups is 2. The molecule has 0 aliphatic heterocycles. The lowest BCUT2D eigenvalue weighted by Gasteiger charge is -2.22. The van der Waals surface area contributed by atoms with Gasteiger partial charge in [0, 0.05) is 17.5 Å². The van der Waals surface area contributed by atoms with Crippen molar-refractivity contribution < 1.29 is 14.3 Å². The van der Waals surface area contributed by atoms with Crippen LogP contribution >= 0.6 is 23.7 Å². The molecule has 2 aromatic carbocycles. The molecule has 0 atom stereocenters. The van der Waals surface area contributed by atoms with E-state index in [0.29, 0.717) is 39.1 Å². The highest BCUT2D eigenvalue weighted by atomic mass is 35.5. The molecule has 1 amide bonds. The summed E-state index contributed by atoms with van der Waals surface area (Å²) in [5.74, 6) is -0.280. The number of carbonyl (C=O) groups excluding carboxylic acids is 2. The van der Waals surface area contributed by atoms with Crippen molar-refractivity contribution >= 4 is 56.4 Å². The predicted molar refractivity (Wildman–Crippen MR) is 143 cm³/mol. The Labute approximate surface area is 213 Å². The van der Waals surface area contributed by atoms with Gasteiger partial charge in [0.2, 0.25) is 0 Å². The summed E-state index contributed by atoms with van der Waals surface area (Å²) < 4.78 is 7.70. The molecule has 7 nitrogen and oxygen atoms in total. The summed E-state index contributed by atoms with van der Waals surface area (Å²) in [5, 5.41) is 3.99. The van der Waals surface area contributed by atoms with E-state index in [1.54, 1.807) is 24.3 Å². The summed E-state index contributed by atoms with van der Waals surface area (Å²) in [7, 11) is 1.44. The third-order valence-electron chi connectivity index (χ3n) is 5.85. The number of halogens is 1. The second-order valence-electron chi connectivity index (χ2n) is 8.92. The van der Waals surface area contributed by atoms with Crippen LogP contribution in [0.1, 0.15) is 33.9 Å². The van der Waals surface area contributed by atoms with E-state index in [1.165, 1.54) is 23.0 Å². The fourth-order valence-corrected chi connectivity index (χ4v) is 4.99. The number of methoxy groups -OCH3 is 1. The third-order valence-corrected chi connectivity index (χ3v) is 7.05. The normalized spacial score (nSPS) is 11.3. The second-order valence-corrected chi connectivity index (χ2v) is 9.94. The van der Waals surface area contributed by atoms with Crippen LogP contribution in [-0.4, -0.2) is 36.5 Å². The molecule has 0 saturated heterocycles. The van der Waals surface area contributed by atoms with E-state index < -0.39 is 0 Å². The quantitative estimate of drug-likeness (QED) is 0.343. The number of para-hydroxylation sites is 1. The first-order chi connectivity index (χ1) is 16.3. The lowest BCUT2D eigenvalue weighted by atomic mass is 9.94. The fourth-order valence-electron chi connectivity index (χ4n) is 3.78. The van der Waals surface area contributed by atoms with E-state index in [2.05, 4.69) is 5.32 Å². The lowest BCUT2D eigenvalue weighted by Crippen LogP contribution is -2.38. The van der Waals surface area contributed by atoms with Crippen LogP contribution in [-0.2, 0) is 6.54 Å². The number of benzene rings is 2. The van der Waals surface area contributed by atoms with Crippen molar-refractivity contribution in [3.05, 3.63) is 75.4 Å². The van der Waals surface area contributed by atoms with E-state index >= 15 is 0 Å². The zero-order chi connectivity index (χ0) is 24.5. The zero-order valence-electron chi connectivity index (χ0n) is 19.8. The lowest BCUT2D eigenvalue weighted by molar-refractivity contribution is 0.0937. The largest absolute Gasteiger partial charge is 0.494 e. The maximum atomic E-state index is 13.7. The molecule has 3 N–H and O–H groups in total. The number of nitrogens with one attached hydrogen (secondary N) is 1. The summed E-state index contributed by atoms with van der Waals surface area (Å²) in [6.07, 6.45) is 0. The molecule has 35 heavy (non-hydrogen) atoms. The van der Waals surface area contributed by atoms with Crippen molar-refractivity contribution in [2.75, 3.05) is 20.2 Å². The fraction of sp³-hybridized carbons (Fsp3) is 0.269. The van der Waals surface area contributed by atoms with E-state index in [1.807, 2.05) is 44.2 Å². The molecule has 9 heteroatoms. The number of thiophene rings is 1. The first-order valence-corrected chi connectivity index (χ1v) is 11.8. The summed E-state index contributed by atoms with van der Waals surface area (Å²) in [4.78, 5) is 40.0. The predicted octanol–water partition coefficient (Wildman–Crippen LogP) is 4.24. The van der Waals surface area contributed by atoms with Gasteiger partial charge in [-0.1, -0.05) is 62.4 Å². The summed E-state index contributed by atoms with van der Waals surface area (Å²) in [6.45, 7) is 4.61. The van der Waals surface area contributed by atoms with Gasteiger partial charge >= 0.3 is 0 Å². The molecule has 2 heterocycles. The Kier molecular flexibility index (Phi) is 8.00. The minimum Gasteiger partial charge on any atom is -0.494 e. The van der Waals surface area contributed by atoms with Crippen molar-refractivity contribution in [2.24, 2.45) is 11.1 Å². The van der Waals surface area contributed by atoms with E-state index in [9.17, 15) is 14.4 Å². The number of pyridine rings is 1. The Morgan fingerprint density at radius 2 is 1.74 bits per heavy atom. The number of ketones is 1. The van der Waals surface area contributed by atoms with Crippen molar-refractivity contribution in [3.63, 3.8) is 0 Å². The molecule has 0 aliphatic carbocycles. The highest BCUT2D eigenvalue weighted by molar-refractivity contribution is 7.22. The summed E-state index contributed by atoms with van der Waals surface area (Å²) in [5.41, 5.74) is 6.30. The average Bonchev–Trinajstić information content (AvgIpc) is 3.26. The minimum atomic E-state index is -0.368. The number of ether oxygens (including phenoxy) is 1. The second kappa shape index (κ2) is 10.6. The van der Waals surface area contributed by atoms with Crippen LogP contribution in [0, 0.1) is 5.41 Å². The van der Waals surface area contributed by atoms with Crippen molar-refractivity contribution in [2.45, 2.75) is 20.4 Å².